The van der Waals surface area contributed by atoms with E-state index in [1.54, 1.807) is 0 Å². The van der Waals surface area contributed by atoms with Crippen LogP contribution in [0, 0.1) is 5.92 Å². The third-order valence-corrected chi connectivity index (χ3v) is 2.84. The minimum atomic E-state index is 0.346. The van der Waals surface area contributed by atoms with E-state index in [-0.39, 0.29) is 0 Å². The number of hydrogen-bond donors (Lipinski definition) is 1. The molecule has 0 spiro atoms. The van der Waals surface area contributed by atoms with Crippen LogP contribution >= 0.6 is 0 Å². The van der Waals surface area contributed by atoms with E-state index in [0.717, 1.165) is 38.4 Å². The average molecular weight is 212 g/mol. The van der Waals surface area contributed by atoms with Crippen molar-refractivity contribution in [3.8, 4) is 0 Å². The Hall–Kier alpha value is -0.570. The molecule has 1 aliphatic rings. The van der Waals surface area contributed by atoms with Crippen molar-refractivity contribution in [3.05, 3.63) is 0 Å². The maximum atomic E-state index is 11.9. The summed E-state index contributed by atoms with van der Waals surface area (Å²) in [5.41, 5.74) is 0. The zero-order valence-electron chi connectivity index (χ0n) is 10.1. The minimum Gasteiger partial charge on any atom is -0.342 e. The van der Waals surface area contributed by atoms with Gasteiger partial charge in [0.1, 0.15) is 0 Å². The number of nitrogens with zero attached hydrogens (tertiary/aromatic N) is 1. The summed E-state index contributed by atoms with van der Waals surface area (Å²) in [5.74, 6) is 1.16. The van der Waals surface area contributed by atoms with E-state index in [1.807, 2.05) is 7.05 Å². The van der Waals surface area contributed by atoms with E-state index >= 15 is 0 Å². The van der Waals surface area contributed by atoms with Gasteiger partial charge in [-0.3, -0.25) is 4.79 Å². The SMILES string of the molecule is CCCN(CC1CC1)C(=O)CCCNC. The number of hydrogen-bond acceptors (Lipinski definition) is 2. The second-order valence-electron chi connectivity index (χ2n) is 4.49. The van der Waals surface area contributed by atoms with Crippen LogP contribution in [0.15, 0.2) is 0 Å². The molecule has 1 fully saturated rings. The van der Waals surface area contributed by atoms with E-state index in [4.69, 9.17) is 0 Å². The van der Waals surface area contributed by atoms with Crippen molar-refractivity contribution in [2.75, 3.05) is 26.7 Å². The molecule has 0 heterocycles. The summed E-state index contributed by atoms with van der Waals surface area (Å²) in [6.07, 6.45) is 5.38. The standard InChI is InChI=1S/C12H24N2O/c1-3-9-14(10-11-6-7-11)12(15)5-4-8-13-2/h11,13H,3-10H2,1-2H3. The fourth-order valence-electron chi connectivity index (χ4n) is 1.77. The molecule has 0 aromatic rings. The Morgan fingerprint density at radius 2 is 2.20 bits per heavy atom. The summed E-state index contributed by atoms with van der Waals surface area (Å²) in [4.78, 5) is 13.9. The molecule has 15 heavy (non-hydrogen) atoms. The number of amides is 1. The van der Waals surface area contributed by atoms with Crippen LogP contribution in [0.4, 0.5) is 0 Å². The van der Waals surface area contributed by atoms with Crippen LogP contribution < -0.4 is 5.32 Å². The van der Waals surface area contributed by atoms with Crippen molar-refractivity contribution < 1.29 is 4.79 Å². The molecule has 0 aromatic carbocycles. The zero-order chi connectivity index (χ0) is 11.1. The van der Waals surface area contributed by atoms with Crippen LogP contribution in [0.2, 0.25) is 0 Å². The quantitative estimate of drug-likeness (QED) is 0.620. The van der Waals surface area contributed by atoms with Gasteiger partial charge in [0.05, 0.1) is 0 Å². The summed E-state index contributed by atoms with van der Waals surface area (Å²) in [6.45, 7) is 5.02. The third-order valence-electron chi connectivity index (χ3n) is 2.84. The van der Waals surface area contributed by atoms with Crippen molar-refractivity contribution in [2.24, 2.45) is 5.92 Å². The number of nitrogens with one attached hydrogen (secondary N) is 1. The maximum Gasteiger partial charge on any atom is 0.222 e. The molecule has 0 saturated heterocycles. The smallest absolute Gasteiger partial charge is 0.222 e. The Balaban J connectivity index is 2.22. The largest absolute Gasteiger partial charge is 0.342 e. The van der Waals surface area contributed by atoms with Crippen molar-refractivity contribution in [3.63, 3.8) is 0 Å². The summed E-state index contributed by atoms with van der Waals surface area (Å²) < 4.78 is 0. The highest BCUT2D eigenvalue weighted by Gasteiger charge is 2.25. The lowest BCUT2D eigenvalue weighted by molar-refractivity contribution is -0.131. The number of carbonyl (C=O) groups excluding carboxylic acids is 1. The molecule has 0 bridgehead atoms. The molecule has 3 heteroatoms. The lowest BCUT2D eigenvalue weighted by Gasteiger charge is -2.22. The van der Waals surface area contributed by atoms with Crippen molar-refractivity contribution in [1.82, 2.24) is 10.2 Å². The lowest BCUT2D eigenvalue weighted by atomic mass is 10.2. The van der Waals surface area contributed by atoms with Gasteiger partial charge in [-0.1, -0.05) is 6.92 Å². The van der Waals surface area contributed by atoms with Gasteiger partial charge < -0.3 is 10.2 Å². The zero-order valence-corrected chi connectivity index (χ0v) is 10.1. The fraction of sp³-hybridized carbons (Fsp3) is 0.917. The van der Waals surface area contributed by atoms with Crippen LogP contribution in [0.5, 0.6) is 0 Å². The third kappa shape index (κ3) is 5.17. The molecule has 88 valence electrons. The minimum absolute atomic E-state index is 0.346. The lowest BCUT2D eigenvalue weighted by Crippen LogP contribution is -2.33. The second-order valence-corrected chi connectivity index (χ2v) is 4.49. The van der Waals surface area contributed by atoms with Crippen molar-refractivity contribution in [2.45, 2.75) is 39.0 Å². The highest BCUT2D eigenvalue weighted by atomic mass is 16.2. The van der Waals surface area contributed by atoms with E-state index in [0.29, 0.717) is 12.3 Å². The van der Waals surface area contributed by atoms with Crippen molar-refractivity contribution >= 4 is 5.91 Å². The van der Waals surface area contributed by atoms with Gasteiger partial charge >= 0.3 is 0 Å². The predicted molar refractivity (Wildman–Crippen MR) is 62.8 cm³/mol. The van der Waals surface area contributed by atoms with Gasteiger partial charge in [-0.2, -0.15) is 0 Å². The Bertz CT molecular complexity index is 190. The van der Waals surface area contributed by atoms with Gasteiger partial charge in [-0.05, 0) is 45.2 Å². The number of rotatable bonds is 8. The van der Waals surface area contributed by atoms with E-state index < -0.39 is 0 Å². The summed E-state index contributed by atoms with van der Waals surface area (Å²) >= 11 is 0. The van der Waals surface area contributed by atoms with Gasteiger partial charge in [-0.25, -0.2) is 0 Å². The van der Waals surface area contributed by atoms with Crippen LogP contribution in [0.1, 0.15) is 39.0 Å². The van der Waals surface area contributed by atoms with E-state index in [2.05, 4.69) is 17.1 Å². The Kier molecular flexibility index (Phi) is 5.69. The molecular formula is C12H24N2O. The first-order valence-corrected chi connectivity index (χ1v) is 6.20. The van der Waals surface area contributed by atoms with Crippen molar-refractivity contribution in [1.29, 1.82) is 0 Å². The molecule has 1 aliphatic carbocycles. The fourth-order valence-corrected chi connectivity index (χ4v) is 1.77. The summed E-state index contributed by atoms with van der Waals surface area (Å²) in [5, 5.41) is 3.08. The maximum absolute atomic E-state index is 11.9. The predicted octanol–water partition coefficient (Wildman–Crippen LogP) is 1.63. The average Bonchev–Trinajstić information content (AvgIpc) is 3.01. The Morgan fingerprint density at radius 1 is 1.47 bits per heavy atom. The van der Waals surface area contributed by atoms with Gasteiger partial charge in [0.25, 0.3) is 0 Å². The molecule has 0 aromatic heterocycles. The highest BCUT2D eigenvalue weighted by Crippen LogP contribution is 2.29. The first-order valence-electron chi connectivity index (χ1n) is 6.20. The molecule has 1 saturated carbocycles. The molecule has 1 N–H and O–H groups in total. The first-order chi connectivity index (χ1) is 7.27. The molecule has 1 amide bonds. The van der Waals surface area contributed by atoms with Crippen LogP contribution in [-0.2, 0) is 4.79 Å². The second kappa shape index (κ2) is 6.83. The monoisotopic (exact) mass is 212 g/mol. The molecule has 0 atom stereocenters. The normalized spacial score (nSPS) is 15.3. The Morgan fingerprint density at radius 3 is 2.73 bits per heavy atom. The van der Waals surface area contributed by atoms with Crippen LogP contribution in [0.3, 0.4) is 0 Å². The molecule has 0 radical (unpaired) electrons. The molecule has 1 rings (SSSR count). The van der Waals surface area contributed by atoms with Crippen LogP contribution in [-0.4, -0.2) is 37.5 Å². The molecule has 0 unspecified atom stereocenters. The number of carbonyl (C=O) groups is 1. The van der Waals surface area contributed by atoms with E-state index in [1.165, 1.54) is 12.8 Å². The Labute approximate surface area is 93.2 Å². The molecule has 0 aliphatic heterocycles. The van der Waals surface area contributed by atoms with Gasteiger partial charge in [-0.15, -0.1) is 0 Å². The summed E-state index contributed by atoms with van der Waals surface area (Å²) in [7, 11) is 1.93. The van der Waals surface area contributed by atoms with E-state index in [9.17, 15) is 4.79 Å². The summed E-state index contributed by atoms with van der Waals surface area (Å²) in [6, 6.07) is 0. The van der Waals surface area contributed by atoms with Crippen LogP contribution in [0.25, 0.3) is 0 Å². The van der Waals surface area contributed by atoms with Gasteiger partial charge in [0.15, 0.2) is 0 Å². The van der Waals surface area contributed by atoms with Gasteiger partial charge in [0, 0.05) is 19.5 Å². The topological polar surface area (TPSA) is 32.3 Å². The first kappa shape index (κ1) is 12.5. The highest BCUT2D eigenvalue weighted by molar-refractivity contribution is 5.76. The van der Waals surface area contributed by atoms with Gasteiger partial charge in [0.2, 0.25) is 5.91 Å². The molecule has 3 nitrogen and oxygen atoms in total. The molecular weight excluding hydrogens is 188 g/mol.